The predicted molar refractivity (Wildman–Crippen MR) is 104 cm³/mol. The third-order valence-electron chi connectivity index (χ3n) is 6.68. The summed E-state index contributed by atoms with van der Waals surface area (Å²) in [7, 11) is 1.57. The maximum atomic E-state index is 13.4. The van der Waals surface area contributed by atoms with Crippen LogP contribution in [0, 0.1) is 11.8 Å². The number of imide groups is 1. The Hall–Kier alpha value is -2.29. The van der Waals surface area contributed by atoms with Crippen LogP contribution < -0.4 is 10.6 Å². The number of aryl methyl sites for hydroxylation is 1. The van der Waals surface area contributed by atoms with E-state index < -0.39 is 29.5 Å². The van der Waals surface area contributed by atoms with E-state index >= 15 is 0 Å². The fourth-order valence-electron chi connectivity index (χ4n) is 5.36. The first kappa shape index (κ1) is 20.0. The minimum Gasteiger partial charge on any atom is -0.387 e. The maximum Gasteiger partial charge on any atom is 0.291 e. The van der Waals surface area contributed by atoms with Crippen molar-refractivity contribution in [2.45, 2.75) is 44.4 Å². The van der Waals surface area contributed by atoms with Crippen LogP contribution in [0.5, 0.6) is 0 Å². The van der Waals surface area contributed by atoms with Gasteiger partial charge >= 0.3 is 0 Å². The van der Waals surface area contributed by atoms with Crippen molar-refractivity contribution in [3.63, 3.8) is 0 Å². The number of rotatable bonds is 6. The number of likely N-dealkylation sites (tertiary alicyclic amines) is 1. The number of amides is 3. The van der Waals surface area contributed by atoms with Crippen molar-refractivity contribution in [3.05, 3.63) is 29.3 Å². The van der Waals surface area contributed by atoms with E-state index in [-0.39, 0.29) is 24.3 Å². The van der Waals surface area contributed by atoms with Crippen LogP contribution in [0.15, 0.2) is 18.2 Å². The Morgan fingerprint density at radius 2 is 2.07 bits per heavy atom. The number of nitrogens with one attached hydrogen (secondary N) is 1. The van der Waals surface area contributed by atoms with E-state index in [1.54, 1.807) is 19.4 Å². The SMILES string of the molecule is CCc1cccc2c1NC(=O)[C@]21[NH2+][C@H]([C@@H](C)O)[C@H]2C(=O)N(CCCOC)C(=O)[C@H]21. The summed E-state index contributed by atoms with van der Waals surface area (Å²) < 4.78 is 5.05. The normalized spacial score (nSPS) is 31.4. The highest BCUT2D eigenvalue weighted by atomic mass is 16.5. The Bertz CT molecular complexity index is 870. The first-order valence-corrected chi connectivity index (χ1v) is 10.2. The number of hydrogen-bond acceptors (Lipinski definition) is 5. The van der Waals surface area contributed by atoms with E-state index in [1.165, 1.54) is 4.90 Å². The molecule has 0 bridgehead atoms. The zero-order valence-electron chi connectivity index (χ0n) is 17.0. The number of benzene rings is 1. The molecule has 2 fully saturated rings. The van der Waals surface area contributed by atoms with E-state index in [1.807, 2.05) is 25.1 Å². The van der Waals surface area contributed by atoms with Gasteiger partial charge in [-0.3, -0.25) is 19.3 Å². The Balaban J connectivity index is 1.82. The molecule has 8 heteroatoms. The van der Waals surface area contributed by atoms with Gasteiger partial charge in [0.2, 0.25) is 17.4 Å². The molecule has 3 heterocycles. The molecule has 1 aromatic rings. The summed E-state index contributed by atoms with van der Waals surface area (Å²) in [6.07, 6.45) is 0.430. The molecule has 5 atom stereocenters. The zero-order chi connectivity index (χ0) is 20.9. The molecule has 0 saturated carbocycles. The molecule has 156 valence electrons. The van der Waals surface area contributed by atoms with Gasteiger partial charge in [-0.05, 0) is 25.3 Å². The van der Waals surface area contributed by atoms with E-state index in [9.17, 15) is 19.5 Å². The summed E-state index contributed by atoms with van der Waals surface area (Å²) in [4.78, 5) is 41.2. The molecular weight excluding hydrogens is 374 g/mol. The molecule has 29 heavy (non-hydrogen) atoms. The number of quaternary nitrogens is 1. The number of anilines is 1. The number of nitrogens with zero attached hydrogens (tertiary/aromatic N) is 1. The van der Waals surface area contributed by atoms with Gasteiger partial charge in [-0.2, -0.15) is 0 Å². The van der Waals surface area contributed by atoms with Gasteiger partial charge in [0.25, 0.3) is 5.91 Å². The molecule has 0 radical (unpaired) electrons. The summed E-state index contributed by atoms with van der Waals surface area (Å²) in [5.41, 5.74) is 1.24. The van der Waals surface area contributed by atoms with Gasteiger partial charge in [0.15, 0.2) is 0 Å². The Kier molecular flexibility index (Phi) is 4.96. The van der Waals surface area contributed by atoms with Crippen LogP contribution in [-0.2, 0) is 31.1 Å². The predicted octanol–water partition coefficient (Wildman–Crippen LogP) is -0.639. The Morgan fingerprint density at radius 3 is 2.72 bits per heavy atom. The molecule has 3 aliphatic rings. The van der Waals surface area contributed by atoms with Crippen LogP contribution >= 0.6 is 0 Å². The molecule has 2 saturated heterocycles. The fourth-order valence-corrected chi connectivity index (χ4v) is 5.36. The third-order valence-corrected chi connectivity index (χ3v) is 6.68. The average molecular weight is 402 g/mol. The van der Waals surface area contributed by atoms with Crippen LogP contribution in [0.4, 0.5) is 5.69 Å². The molecule has 1 aromatic carbocycles. The van der Waals surface area contributed by atoms with Crippen molar-refractivity contribution >= 4 is 23.4 Å². The molecule has 0 aromatic heterocycles. The zero-order valence-corrected chi connectivity index (χ0v) is 17.0. The van der Waals surface area contributed by atoms with Crippen molar-refractivity contribution in [2.24, 2.45) is 11.8 Å². The molecule has 3 amide bonds. The lowest BCUT2D eigenvalue weighted by Crippen LogP contribution is -3.00. The van der Waals surface area contributed by atoms with Gasteiger partial charge in [-0.1, -0.05) is 25.1 Å². The van der Waals surface area contributed by atoms with Gasteiger partial charge in [-0.25, -0.2) is 0 Å². The molecule has 4 rings (SSSR count). The highest BCUT2D eigenvalue weighted by Crippen LogP contribution is 2.50. The lowest BCUT2D eigenvalue weighted by atomic mass is 9.76. The van der Waals surface area contributed by atoms with E-state index in [0.29, 0.717) is 13.0 Å². The maximum absolute atomic E-state index is 13.4. The largest absolute Gasteiger partial charge is 0.387 e. The van der Waals surface area contributed by atoms with Crippen molar-refractivity contribution in [1.82, 2.24) is 4.90 Å². The number of nitrogens with two attached hydrogens (primary N) is 1. The fraction of sp³-hybridized carbons (Fsp3) is 0.571. The van der Waals surface area contributed by atoms with Crippen molar-refractivity contribution in [3.8, 4) is 0 Å². The van der Waals surface area contributed by atoms with Gasteiger partial charge in [0.1, 0.15) is 24.0 Å². The Labute approximate surface area is 169 Å². The first-order chi connectivity index (χ1) is 13.9. The monoisotopic (exact) mass is 402 g/mol. The lowest BCUT2D eigenvalue weighted by molar-refractivity contribution is -0.738. The van der Waals surface area contributed by atoms with Crippen molar-refractivity contribution in [1.29, 1.82) is 0 Å². The second-order valence-electron chi connectivity index (χ2n) is 8.18. The summed E-state index contributed by atoms with van der Waals surface area (Å²) in [6, 6.07) is 5.13. The van der Waals surface area contributed by atoms with Crippen LogP contribution in [0.2, 0.25) is 0 Å². The second kappa shape index (κ2) is 7.19. The quantitative estimate of drug-likeness (QED) is 0.433. The number of hydrogen-bond donors (Lipinski definition) is 3. The molecule has 0 aliphatic carbocycles. The third kappa shape index (κ3) is 2.66. The highest BCUT2D eigenvalue weighted by molar-refractivity contribution is 6.14. The number of para-hydroxylation sites is 1. The van der Waals surface area contributed by atoms with Gasteiger partial charge in [0.05, 0.1) is 5.69 Å². The van der Waals surface area contributed by atoms with E-state index in [4.69, 9.17) is 4.74 Å². The smallest absolute Gasteiger partial charge is 0.291 e. The molecule has 3 aliphatic heterocycles. The van der Waals surface area contributed by atoms with Crippen molar-refractivity contribution < 1.29 is 29.5 Å². The second-order valence-corrected chi connectivity index (χ2v) is 8.18. The van der Waals surface area contributed by atoms with E-state index in [2.05, 4.69) is 5.32 Å². The molecule has 4 N–H and O–H groups in total. The van der Waals surface area contributed by atoms with Crippen LogP contribution in [0.25, 0.3) is 0 Å². The summed E-state index contributed by atoms with van der Waals surface area (Å²) in [5.74, 6) is -2.48. The number of fused-ring (bicyclic) bond motifs is 4. The van der Waals surface area contributed by atoms with Crippen LogP contribution in [0.1, 0.15) is 31.4 Å². The topological polar surface area (TPSA) is 113 Å². The summed E-state index contributed by atoms with van der Waals surface area (Å²) in [5, 5.41) is 15.1. The number of aliphatic hydroxyl groups excluding tert-OH is 1. The van der Waals surface area contributed by atoms with Crippen molar-refractivity contribution in [2.75, 3.05) is 25.6 Å². The molecule has 8 nitrogen and oxygen atoms in total. The number of carbonyl (C=O) groups excluding carboxylic acids is 3. The summed E-state index contributed by atoms with van der Waals surface area (Å²) in [6.45, 7) is 4.31. The van der Waals surface area contributed by atoms with Gasteiger partial charge < -0.3 is 20.5 Å². The number of aliphatic hydroxyl groups is 1. The van der Waals surface area contributed by atoms with Gasteiger partial charge in [-0.15, -0.1) is 0 Å². The Morgan fingerprint density at radius 1 is 1.31 bits per heavy atom. The van der Waals surface area contributed by atoms with Crippen LogP contribution in [0.3, 0.4) is 0 Å². The number of carbonyl (C=O) groups is 3. The minimum absolute atomic E-state index is 0.255. The lowest BCUT2D eigenvalue weighted by Gasteiger charge is -2.27. The van der Waals surface area contributed by atoms with Gasteiger partial charge in [0, 0.05) is 25.8 Å². The molecular formula is C21H28N3O5+. The average Bonchev–Trinajstić information content (AvgIpc) is 3.28. The first-order valence-electron chi connectivity index (χ1n) is 10.2. The minimum atomic E-state index is -1.23. The standard InChI is InChI=1S/C21H27N3O5/c1-4-12-7-5-8-13-17(12)22-20(28)21(13)15-14(16(23-21)11(2)25)18(26)24(19(15)27)9-6-10-29-3/h5,7-8,11,14-16,23,25H,4,6,9-10H2,1-3H3,(H,22,28)/p+1/t11-,14+,15+,16-,21+/m1/s1. The highest BCUT2D eigenvalue weighted by Gasteiger charge is 2.74. The van der Waals surface area contributed by atoms with E-state index in [0.717, 1.165) is 23.2 Å². The van der Waals surface area contributed by atoms with Crippen LogP contribution in [-0.4, -0.2) is 60.1 Å². The molecule has 1 spiro atoms. The molecule has 0 unspecified atom stereocenters. The number of methoxy groups -OCH3 is 1. The summed E-state index contributed by atoms with van der Waals surface area (Å²) >= 11 is 0. The number of ether oxygens (including phenoxy) is 1.